The van der Waals surface area contributed by atoms with Gasteiger partial charge >= 0.3 is 0 Å². The molecule has 1 aliphatic carbocycles. The summed E-state index contributed by atoms with van der Waals surface area (Å²) in [7, 11) is 0. The minimum absolute atomic E-state index is 0.142. The van der Waals surface area contributed by atoms with Gasteiger partial charge in [0, 0.05) is 10.8 Å². The summed E-state index contributed by atoms with van der Waals surface area (Å²) in [6, 6.07) is 0. The Morgan fingerprint density at radius 2 is 1.19 bits per heavy atom. The third kappa shape index (κ3) is 28.7. The summed E-state index contributed by atoms with van der Waals surface area (Å²) in [6.07, 6.45) is 15.7. The van der Waals surface area contributed by atoms with Crippen molar-refractivity contribution in [2.24, 2.45) is 16.2 Å². The van der Waals surface area contributed by atoms with Gasteiger partial charge < -0.3 is 23.7 Å². The number of hydrogen-bond acceptors (Lipinski definition) is 5. The van der Waals surface area contributed by atoms with E-state index in [1.807, 2.05) is 74.5 Å². The van der Waals surface area contributed by atoms with Gasteiger partial charge in [-0.1, -0.05) is 135 Å². The maximum Gasteiger partial charge on any atom is 0.160 e. The van der Waals surface area contributed by atoms with Crippen LogP contribution in [-0.4, -0.2) is 46.2 Å². The largest absolute Gasteiger partial charge is 0.491 e. The van der Waals surface area contributed by atoms with Crippen LogP contribution in [0.4, 0.5) is 0 Å². The summed E-state index contributed by atoms with van der Waals surface area (Å²) in [5, 5.41) is 0. The molecule has 5 heteroatoms. The van der Waals surface area contributed by atoms with E-state index in [2.05, 4.69) is 74.1 Å². The molecule has 0 aromatic rings. The SMILES string of the molecule is C=C/C(OCC(C)(C)COCCOC1=CCCC=C1C)=C(\C=C/C)OCC(C)(C)COCC(C)(C)CCCC.CC.CC.CC.CC. The fourth-order valence-electron chi connectivity index (χ4n) is 4.05. The van der Waals surface area contributed by atoms with Crippen LogP contribution in [0.5, 0.6) is 0 Å². The van der Waals surface area contributed by atoms with E-state index < -0.39 is 0 Å². The third-order valence-corrected chi connectivity index (χ3v) is 6.49. The Kier molecular flexibility index (Phi) is 35.9. The quantitative estimate of drug-likeness (QED) is 0.0693. The Balaban J connectivity index is -0.00000107. The monoisotopic (exact) mass is 667 g/mol. The molecule has 0 saturated heterocycles. The van der Waals surface area contributed by atoms with Crippen LogP contribution in [0.3, 0.4) is 0 Å². The molecule has 280 valence electrons. The molecule has 0 aliphatic heterocycles. The fraction of sp³-hybridized carbons (Fsp3) is 0.762. The van der Waals surface area contributed by atoms with Gasteiger partial charge in [0.15, 0.2) is 11.5 Å². The molecular formula is C42H82O5. The zero-order valence-corrected chi connectivity index (χ0v) is 34.6. The second-order valence-corrected chi connectivity index (χ2v) is 13.0. The van der Waals surface area contributed by atoms with Gasteiger partial charge in [-0.25, -0.2) is 0 Å². The van der Waals surface area contributed by atoms with Crippen LogP contribution in [-0.2, 0) is 23.7 Å². The van der Waals surface area contributed by atoms with Crippen molar-refractivity contribution in [3.63, 3.8) is 0 Å². The van der Waals surface area contributed by atoms with Crippen molar-refractivity contribution in [3.05, 3.63) is 59.8 Å². The van der Waals surface area contributed by atoms with E-state index in [1.54, 1.807) is 6.08 Å². The number of unbranched alkanes of at least 4 members (excludes halogenated alkanes) is 1. The molecule has 0 fully saturated rings. The predicted molar refractivity (Wildman–Crippen MR) is 209 cm³/mol. The Hall–Kier alpha value is -1.98. The van der Waals surface area contributed by atoms with Gasteiger partial charge in [-0.15, -0.1) is 0 Å². The van der Waals surface area contributed by atoms with E-state index in [9.17, 15) is 0 Å². The lowest BCUT2D eigenvalue weighted by Gasteiger charge is -2.29. The highest BCUT2D eigenvalue weighted by molar-refractivity contribution is 5.26. The summed E-state index contributed by atoms with van der Waals surface area (Å²) in [4.78, 5) is 0. The summed E-state index contributed by atoms with van der Waals surface area (Å²) >= 11 is 0. The van der Waals surface area contributed by atoms with Gasteiger partial charge in [0.1, 0.15) is 12.4 Å². The molecular weight excluding hydrogens is 584 g/mol. The second-order valence-electron chi connectivity index (χ2n) is 13.0. The van der Waals surface area contributed by atoms with Crippen LogP contribution in [0.1, 0.15) is 150 Å². The van der Waals surface area contributed by atoms with Crippen LogP contribution in [0.25, 0.3) is 0 Å². The summed E-state index contributed by atoms with van der Waals surface area (Å²) in [6.45, 7) is 43.4. The van der Waals surface area contributed by atoms with Gasteiger partial charge in [0.2, 0.25) is 0 Å². The highest BCUT2D eigenvalue weighted by Gasteiger charge is 2.25. The Bertz CT molecular complexity index is 843. The van der Waals surface area contributed by atoms with E-state index in [0.29, 0.717) is 51.2 Å². The van der Waals surface area contributed by atoms with Crippen molar-refractivity contribution in [2.45, 2.75) is 150 Å². The average Bonchev–Trinajstić information content (AvgIpc) is 3.07. The third-order valence-electron chi connectivity index (χ3n) is 6.49. The van der Waals surface area contributed by atoms with Gasteiger partial charge in [0.05, 0.1) is 39.6 Å². The number of hydrogen-bond donors (Lipinski definition) is 0. The molecule has 0 radical (unpaired) electrons. The molecule has 1 aliphatic rings. The first-order chi connectivity index (χ1) is 22.3. The van der Waals surface area contributed by atoms with E-state index >= 15 is 0 Å². The van der Waals surface area contributed by atoms with E-state index in [1.165, 1.54) is 24.8 Å². The molecule has 47 heavy (non-hydrogen) atoms. The van der Waals surface area contributed by atoms with Crippen molar-refractivity contribution in [2.75, 3.05) is 46.2 Å². The van der Waals surface area contributed by atoms with Crippen molar-refractivity contribution < 1.29 is 23.7 Å². The van der Waals surface area contributed by atoms with Crippen LogP contribution in [0.15, 0.2) is 59.8 Å². The maximum atomic E-state index is 6.25. The Morgan fingerprint density at radius 3 is 1.68 bits per heavy atom. The minimum Gasteiger partial charge on any atom is -0.491 e. The first-order valence-electron chi connectivity index (χ1n) is 18.8. The van der Waals surface area contributed by atoms with E-state index in [0.717, 1.165) is 25.2 Å². The van der Waals surface area contributed by atoms with Crippen LogP contribution < -0.4 is 0 Å². The van der Waals surface area contributed by atoms with Crippen LogP contribution in [0.2, 0.25) is 0 Å². The molecule has 0 aromatic heterocycles. The highest BCUT2D eigenvalue weighted by Crippen LogP contribution is 2.27. The molecule has 0 N–H and O–H groups in total. The molecule has 0 bridgehead atoms. The van der Waals surface area contributed by atoms with Gasteiger partial charge in [-0.3, -0.25) is 0 Å². The van der Waals surface area contributed by atoms with Crippen molar-refractivity contribution >= 4 is 0 Å². The predicted octanol–water partition coefficient (Wildman–Crippen LogP) is 13.0. The standard InChI is InChI=1S/C34H58O5.4C2H6/c1-11-14-20-32(5,6)23-36-25-34(9,10)27-39-31(17-12-2)29(13-3)38-26-33(7,8)24-35-21-22-37-30-19-16-15-18-28(30)4;4*1-2/h12-13,17-19H,3,11,14-16,20-27H2,1-2,4-10H3;4*1-2H3/b17-12-,31-29-;;;;. The summed E-state index contributed by atoms with van der Waals surface area (Å²) < 4.78 is 30.4. The lowest BCUT2D eigenvalue weighted by atomic mass is 9.88. The molecule has 0 saturated carbocycles. The zero-order chi connectivity index (χ0) is 37.4. The van der Waals surface area contributed by atoms with Crippen molar-refractivity contribution in [1.82, 2.24) is 0 Å². The minimum atomic E-state index is -0.188. The number of allylic oxidation sites excluding steroid dienone is 6. The van der Waals surface area contributed by atoms with Gasteiger partial charge in [-0.05, 0) is 62.3 Å². The van der Waals surface area contributed by atoms with Crippen LogP contribution in [0, 0.1) is 16.2 Å². The van der Waals surface area contributed by atoms with Crippen molar-refractivity contribution in [1.29, 1.82) is 0 Å². The summed E-state index contributed by atoms with van der Waals surface area (Å²) in [5.74, 6) is 2.29. The normalized spacial score (nSPS) is 13.4. The zero-order valence-electron chi connectivity index (χ0n) is 34.6. The molecule has 0 unspecified atom stereocenters. The topological polar surface area (TPSA) is 46.2 Å². The van der Waals surface area contributed by atoms with Crippen LogP contribution >= 0.6 is 0 Å². The molecule has 0 heterocycles. The first-order valence-corrected chi connectivity index (χ1v) is 18.8. The lowest BCUT2D eigenvalue weighted by Crippen LogP contribution is -2.29. The first kappa shape index (κ1) is 51.8. The Morgan fingerprint density at radius 1 is 0.702 bits per heavy atom. The number of rotatable bonds is 21. The fourth-order valence-corrected chi connectivity index (χ4v) is 4.05. The Labute approximate surface area is 295 Å². The molecule has 0 atom stereocenters. The molecule has 1 rings (SSSR count). The maximum absolute atomic E-state index is 6.25. The van der Waals surface area contributed by atoms with E-state index in [4.69, 9.17) is 23.7 Å². The molecule has 0 spiro atoms. The second kappa shape index (κ2) is 32.6. The van der Waals surface area contributed by atoms with E-state index in [-0.39, 0.29) is 16.2 Å². The molecule has 0 aromatic carbocycles. The highest BCUT2D eigenvalue weighted by atomic mass is 16.5. The number of ether oxygens (including phenoxy) is 5. The molecule has 0 amide bonds. The average molecular weight is 667 g/mol. The van der Waals surface area contributed by atoms with Crippen molar-refractivity contribution in [3.8, 4) is 0 Å². The smallest absolute Gasteiger partial charge is 0.160 e. The summed E-state index contributed by atoms with van der Waals surface area (Å²) in [5.41, 5.74) is 1.07. The molecule has 5 nitrogen and oxygen atoms in total. The van der Waals surface area contributed by atoms with Gasteiger partial charge in [-0.2, -0.15) is 0 Å². The van der Waals surface area contributed by atoms with Gasteiger partial charge in [0.25, 0.3) is 0 Å². The lowest BCUT2D eigenvalue weighted by molar-refractivity contribution is -0.0174.